The lowest BCUT2D eigenvalue weighted by molar-refractivity contribution is -0.123. The second-order valence-electron chi connectivity index (χ2n) is 7.26. The molecule has 1 aromatic carbocycles. The highest BCUT2D eigenvalue weighted by Gasteiger charge is 2.23. The fraction of sp³-hybridized carbons (Fsp3) is 0.550. The second-order valence-corrected chi connectivity index (χ2v) is 8.10. The van der Waals surface area contributed by atoms with E-state index < -0.39 is 0 Å². The molecule has 160 valence electrons. The molecule has 0 radical (unpaired) electrons. The van der Waals surface area contributed by atoms with Gasteiger partial charge in [-0.15, -0.1) is 0 Å². The molecule has 0 spiro atoms. The molecule has 29 heavy (non-hydrogen) atoms. The number of primary amides is 1. The molecule has 1 aliphatic heterocycles. The smallest absolute Gasteiger partial charge is 0.253 e. The summed E-state index contributed by atoms with van der Waals surface area (Å²) in [6.07, 6.45) is 3.53. The number of amides is 3. The maximum Gasteiger partial charge on any atom is 0.253 e. The fourth-order valence-corrected chi connectivity index (χ4v) is 3.94. The van der Waals surface area contributed by atoms with Gasteiger partial charge in [-0.2, -0.15) is 0 Å². The van der Waals surface area contributed by atoms with Crippen LogP contribution in [-0.4, -0.2) is 48.8 Å². The number of carbonyl (C=O) groups is 3. The maximum absolute atomic E-state index is 12.6. The summed E-state index contributed by atoms with van der Waals surface area (Å²) in [5.41, 5.74) is 5.91. The number of rotatable bonds is 9. The minimum Gasteiger partial charge on any atom is -0.369 e. The van der Waals surface area contributed by atoms with Crippen LogP contribution in [0.2, 0.25) is 10.0 Å². The van der Waals surface area contributed by atoms with Crippen molar-refractivity contribution < 1.29 is 14.4 Å². The number of carbonyl (C=O) groups excluding carboxylic acids is 3. The number of halogens is 2. The molecule has 1 unspecified atom stereocenters. The summed E-state index contributed by atoms with van der Waals surface area (Å²) < 4.78 is 0. The van der Waals surface area contributed by atoms with E-state index in [9.17, 15) is 14.4 Å². The largest absolute Gasteiger partial charge is 0.369 e. The number of anilines is 1. The Labute approximate surface area is 181 Å². The molecule has 3 amide bonds. The summed E-state index contributed by atoms with van der Waals surface area (Å²) in [6.45, 7) is 4.70. The van der Waals surface area contributed by atoms with Gasteiger partial charge in [-0.25, -0.2) is 0 Å². The van der Waals surface area contributed by atoms with Gasteiger partial charge in [0.25, 0.3) is 5.91 Å². The molecule has 7 nitrogen and oxygen atoms in total. The highest BCUT2D eigenvalue weighted by Crippen LogP contribution is 2.30. The summed E-state index contributed by atoms with van der Waals surface area (Å²) in [4.78, 5) is 38.2. The van der Waals surface area contributed by atoms with Gasteiger partial charge in [0.2, 0.25) is 11.8 Å². The van der Waals surface area contributed by atoms with E-state index in [1.165, 1.54) is 12.1 Å². The molecule has 4 N–H and O–H groups in total. The van der Waals surface area contributed by atoms with Crippen molar-refractivity contribution in [1.82, 2.24) is 10.2 Å². The number of likely N-dealkylation sites (tertiary alicyclic amines) is 1. The Hall–Kier alpha value is -1.83. The Morgan fingerprint density at radius 3 is 2.72 bits per heavy atom. The van der Waals surface area contributed by atoms with Crippen LogP contribution >= 0.6 is 23.2 Å². The monoisotopic (exact) mass is 442 g/mol. The van der Waals surface area contributed by atoms with E-state index in [1.807, 2.05) is 6.92 Å². The first-order chi connectivity index (χ1) is 13.8. The maximum atomic E-state index is 12.6. The van der Waals surface area contributed by atoms with Crippen molar-refractivity contribution in [1.29, 1.82) is 0 Å². The average Bonchev–Trinajstić information content (AvgIpc) is 2.67. The lowest BCUT2D eigenvalue weighted by atomic mass is 9.97. The van der Waals surface area contributed by atoms with Gasteiger partial charge in [-0.1, -0.05) is 30.1 Å². The van der Waals surface area contributed by atoms with E-state index >= 15 is 0 Å². The summed E-state index contributed by atoms with van der Waals surface area (Å²) in [6, 6.07) is 2.99. The molecule has 0 aliphatic carbocycles. The molecule has 1 fully saturated rings. The predicted molar refractivity (Wildman–Crippen MR) is 115 cm³/mol. The molecule has 1 aromatic rings. The van der Waals surface area contributed by atoms with Crippen LogP contribution in [0.25, 0.3) is 0 Å². The van der Waals surface area contributed by atoms with Crippen molar-refractivity contribution in [3.63, 3.8) is 0 Å². The Kier molecular flexibility index (Phi) is 9.20. The Balaban J connectivity index is 1.91. The predicted octanol–water partition coefficient (Wildman–Crippen LogP) is 3.05. The van der Waals surface area contributed by atoms with Crippen molar-refractivity contribution >= 4 is 46.6 Å². The fourth-order valence-electron chi connectivity index (χ4n) is 3.40. The van der Waals surface area contributed by atoms with Crippen LogP contribution in [-0.2, 0) is 9.59 Å². The lowest BCUT2D eigenvalue weighted by Crippen LogP contribution is -2.42. The Morgan fingerprint density at radius 1 is 1.28 bits per heavy atom. The van der Waals surface area contributed by atoms with Gasteiger partial charge in [0.1, 0.15) is 0 Å². The first-order valence-corrected chi connectivity index (χ1v) is 10.7. The molecule has 9 heteroatoms. The van der Waals surface area contributed by atoms with Crippen LogP contribution in [0, 0.1) is 5.92 Å². The zero-order valence-corrected chi connectivity index (χ0v) is 18.1. The topological polar surface area (TPSA) is 105 Å². The Morgan fingerprint density at radius 2 is 2.03 bits per heavy atom. The van der Waals surface area contributed by atoms with Gasteiger partial charge in [0.05, 0.1) is 22.2 Å². The third kappa shape index (κ3) is 7.17. The van der Waals surface area contributed by atoms with Crippen molar-refractivity contribution in [2.45, 2.75) is 39.0 Å². The number of nitrogens with zero attached hydrogens (tertiary/aromatic N) is 1. The number of piperidine rings is 1. The van der Waals surface area contributed by atoms with Crippen molar-refractivity contribution in [3.8, 4) is 0 Å². The summed E-state index contributed by atoms with van der Waals surface area (Å²) >= 11 is 12.2. The standard InChI is InChI=1S/C20H28Cl2N4O3/c1-2-5-17(27)25-18-15(10-14(21)11-16(18)22)20(29)24-7-4-9-26-8-3-6-13(12-26)19(23)28/h10-11,13H,2-9,12H2,1H3,(H2,23,28)(H,24,29)(H,25,27). The molecule has 1 heterocycles. The molecule has 1 saturated heterocycles. The molecule has 1 atom stereocenters. The van der Waals surface area contributed by atoms with Crippen LogP contribution in [0.5, 0.6) is 0 Å². The summed E-state index contributed by atoms with van der Waals surface area (Å²) in [5, 5.41) is 6.09. The SMILES string of the molecule is CCCC(=O)Nc1c(Cl)cc(Cl)cc1C(=O)NCCCN1CCCC(C(N)=O)C1. The lowest BCUT2D eigenvalue weighted by Gasteiger charge is -2.31. The van der Waals surface area contributed by atoms with Gasteiger partial charge in [0, 0.05) is 24.5 Å². The molecule has 1 aliphatic rings. The summed E-state index contributed by atoms with van der Waals surface area (Å²) in [5.74, 6) is -0.908. The van der Waals surface area contributed by atoms with Gasteiger partial charge < -0.3 is 21.3 Å². The third-order valence-corrected chi connectivity index (χ3v) is 5.40. The zero-order valence-electron chi connectivity index (χ0n) is 16.6. The van der Waals surface area contributed by atoms with E-state index in [1.54, 1.807) is 0 Å². The van der Waals surface area contributed by atoms with Crippen molar-refractivity contribution in [3.05, 3.63) is 27.7 Å². The summed E-state index contributed by atoms with van der Waals surface area (Å²) in [7, 11) is 0. The number of hydrogen-bond donors (Lipinski definition) is 3. The third-order valence-electron chi connectivity index (χ3n) is 4.89. The molecule has 0 aromatic heterocycles. The molecular formula is C20H28Cl2N4O3. The number of benzene rings is 1. The van der Waals surface area contributed by atoms with Crippen molar-refractivity contribution in [2.75, 3.05) is 31.5 Å². The molecule has 0 bridgehead atoms. The quantitative estimate of drug-likeness (QED) is 0.511. The van der Waals surface area contributed by atoms with E-state index in [4.69, 9.17) is 28.9 Å². The molecule has 2 rings (SSSR count). The first-order valence-electron chi connectivity index (χ1n) is 9.90. The van der Waals surface area contributed by atoms with Gasteiger partial charge >= 0.3 is 0 Å². The molecular weight excluding hydrogens is 415 g/mol. The van der Waals surface area contributed by atoms with Crippen molar-refractivity contribution in [2.24, 2.45) is 11.7 Å². The van der Waals surface area contributed by atoms with Crippen LogP contribution < -0.4 is 16.4 Å². The highest BCUT2D eigenvalue weighted by molar-refractivity contribution is 6.38. The van der Waals surface area contributed by atoms with Gasteiger partial charge in [-0.3, -0.25) is 14.4 Å². The highest BCUT2D eigenvalue weighted by atomic mass is 35.5. The van der Waals surface area contributed by atoms with E-state index in [-0.39, 0.29) is 39.9 Å². The van der Waals surface area contributed by atoms with E-state index in [2.05, 4.69) is 15.5 Å². The van der Waals surface area contributed by atoms with Crippen LogP contribution in [0.15, 0.2) is 12.1 Å². The van der Waals surface area contributed by atoms with Gasteiger partial charge in [-0.05, 0) is 50.9 Å². The zero-order chi connectivity index (χ0) is 21.4. The molecule has 0 saturated carbocycles. The second kappa shape index (κ2) is 11.4. The minimum absolute atomic E-state index is 0.0961. The van der Waals surface area contributed by atoms with Crippen LogP contribution in [0.1, 0.15) is 49.4 Å². The first kappa shape index (κ1) is 23.4. The minimum atomic E-state index is -0.352. The number of nitrogens with one attached hydrogen (secondary N) is 2. The van der Waals surface area contributed by atoms with Crippen LogP contribution in [0.4, 0.5) is 5.69 Å². The number of nitrogens with two attached hydrogens (primary N) is 1. The van der Waals surface area contributed by atoms with Crippen LogP contribution in [0.3, 0.4) is 0 Å². The number of hydrogen-bond acceptors (Lipinski definition) is 4. The average molecular weight is 443 g/mol. The Bertz CT molecular complexity index is 757. The van der Waals surface area contributed by atoms with E-state index in [0.29, 0.717) is 31.0 Å². The normalized spacial score (nSPS) is 17.0. The van der Waals surface area contributed by atoms with E-state index in [0.717, 1.165) is 32.4 Å². The van der Waals surface area contributed by atoms with Gasteiger partial charge in [0.15, 0.2) is 0 Å².